The molecule has 0 atom stereocenters. The summed E-state index contributed by atoms with van der Waals surface area (Å²) in [6, 6.07) is 6.78. The van der Waals surface area contributed by atoms with Crippen molar-refractivity contribution in [2.24, 2.45) is 0 Å². The van der Waals surface area contributed by atoms with Gasteiger partial charge in [-0.2, -0.15) is 0 Å². The number of hydrogen-bond acceptors (Lipinski definition) is 5. The van der Waals surface area contributed by atoms with Crippen LogP contribution in [0.1, 0.15) is 46.0 Å². The smallest absolute Gasteiger partial charge is 0.342 e. The van der Waals surface area contributed by atoms with Crippen molar-refractivity contribution in [1.29, 1.82) is 0 Å². The van der Waals surface area contributed by atoms with E-state index in [1.165, 1.54) is 0 Å². The Morgan fingerprint density at radius 2 is 1.70 bits per heavy atom. The first kappa shape index (κ1) is 20.2. The number of aromatic nitrogens is 1. The lowest BCUT2D eigenvalue weighted by molar-refractivity contribution is 0.0695. The number of unbranched alkanes of at least 4 members (excludes halogenated alkanes) is 1. The largest absolute Gasteiger partial charge is 0.478 e. The van der Waals surface area contributed by atoms with Crippen molar-refractivity contribution in [3.05, 3.63) is 51.3 Å². The topological polar surface area (TPSA) is 137 Å². The zero-order valence-corrected chi connectivity index (χ0v) is 15.3. The summed E-state index contributed by atoms with van der Waals surface area (Å²) in [5.41, 5.74) is 4.72. The fourth-order valence-electron chi connectivity index (χ4n) is 2.93. The zero-order chi connectivity index (χ0) is 20.1. The number of aromatic amines is 1. The molecule has 0 saturated carbocycles. The molecule has 0 fully saturated rings. The van der Waals surface area contributed by atoms with Crippen LogP contribution in [0.5, 0.6) is 0 Å². The lowest BCUT2D eigenvalue weighted by atomic mass is 9.94. The van der Waals surface area contributed by atoms with Crippen LogP contribution in [0, 0.1) is 0 Å². The van der Waals surface area contributed by atoms with Gasteiger partial charge in [0.25, 0.3) is 5.56 Å². The number of aromatic carboxylic acids is 2. The molecule has 0 aliphatic carbocycles. The van der Waals surface area contributed by atoms with Crippen LogP contribution in [0.15, 0.2) is 29.1 Å². The lowest BCUT2D eigenvalue weighted by Gasteiger charge is -2.17. The van der Waals surface area contributed by atoms with Gasteiger partial charge in [-0.25, -0.2) is 9.59 Å². The molecular weight excluding hydrogens is 350 g/mol. The summed E-state index contributed by atoms with van der Waals surface area (Å²) >= 11 is 0. The maximum Gasteiger partial charge on any atom is 0.342 e. The average molecular weight is 373 g/mol. The number of nitrogen functional groups attached to an aromatic ring is 1. The third kappa shape index (κ3) is 4.53. The molecule has 0 aliphatic rings. The molecule has 0 spiro atoms. The second-order valence-corrected chi connectivity index (χ2v) is 6.39. The van der Waals surface area contributed by atoms with E-state index in [-0.39, 0.29) is 11.4 Å². The molecule has 1 aromatic heterocycles. The van der Waals surface area contributed by atoms with Gasteiger partial charge in [-0.3, -0.25) is 4.79 Å². The van der Waals surface area contributed by atoms with Crippen molar-refractivity contribution >= 4 is 17.8 Å². The highest BCUT2D eigenvalue weighted by Gasteiger charge is 2.26. The number of hydrogen-bond donors (Lipinski definition) is 4. The Kier molecular flexibility index (Phi) is 6.36. The lowest BCUT2D eigenvalue weighted by Crippen LogP contribution is -2.24. The van der Waals surface area contributed by atoms with E-state index in [0.717, 1.165) is 24.9 Å². The van der Waals surface area contributed by atoms with Crippen LogP contribution < -0.4 is 11.3 Å². The Balaban J connectivity index is 2.50. The number of carbonyl (C=O) groups is 2. The van der Waals surface area contributed by atoms with Gasteiger partial charge in [-0.15, -0.1) is 0 Å². The molecule has 8 nitrogen and oxygen atoms in total. The molecule has 2 aromatic rings. The van der Waals surface area contributed by atoms with Crippen LogP contribution in [0.4, 0.5) is 5.82 Å². The third-order valence-corrected chi connectivity index (χ3v) is 4.26. The minimum atomic E-state index is -1.52. The van der Waals surface area contributed by atoms with Crippen LogP contribution >= 0.6 is 0 Å². The van der Waals surface area contributed by atoms with Gasteiger partial charge in [0.15, 0.2) is 0 Å². The molecule has 0 amide bonds. The first-order valence-electron chi connectivity index (χ1n) is 8.56. The number of benzene rings is 1. The van der Waals surface area contributed by atoms with E-state index in [4.69, 9.17) is 5.73 Å². The molecule has 5 N–H and O–H groups in total. The van der Waals surface area contributed by atoms with Gasteiger partial charge in [0, 0.05) is 12.1 Å². The molecule has 2 rings (SSSR count). The fraction of sp³-hybridized carbons (Fsp3) is 0.316. The van der Waals surface area contributed by atoms with Crippen molar-refractivity contribution < 1.29 is 19.8 Å². The molecule has 0 aliphatic heterocycles. The van der Waals surface area contributed by atoms with Gasteiger partial charge in [0.2, 0.25) is 0 Å². The first-order chi connectivity index (χ1) is 12.8. The second-order valence-electron chi connectivity index (χ2n) is 6.39. The van der Waals surface area contributed by atoms with E-state index >= 15 is 0 Å². The fourth-order valence-corrected chi connectivity index (χ4v) is 2.93. The molecule has 0 bridgehead atoms. The second kappa shape index (κ2) is 8.50. The number of nitrogens with zero attached hydrogens (tertiary/aromatic N) is 1. The molecule has 0 unspecified atom stereocenters. The highest BCUT2D eigenvalue weighted by molar-refractivity contribution is 6.07. The highest BCUT2D eigenvalue weighted by atomic mass is 16.4. The summed E-state index contributed by atoms with van der Waals surface area (Å²) in [5.74, 6) is -3.31. The maximum absolute atomic E-state index is 12.0. The summed E-state index contributed by atoms with van der Waals surface area (Å²) in [5, 5.41) is 18.9. The summed E-state index contributed by atoms with van der Waals surface area (Å²) in [6.45, 7) is 3.78. The van der Waals surface area contributed by atoms with E-state index in [1.807, 2.05) is 7.05 Å². The molecule has 144 valence electrons. The standard InChI is InChI=1S/C19H23N3O5/c1-3-4-9-22(2)10-11-5-7-12(8-6-11)13-14(18(24)25)16(20)21-17(23)15(13)19(26)27/h5-8H,3-4,9-10H2,1-2H3,(H,24,25)(H,26,27)(H3,20,21,23). The summed E-state index contributed by atoms with van der Waals surface area (Å²) in [4.78, 5) is 39.5. The Labute approximate surface area is 156 Å². The quantitative estimate of drug-likeness (QED) is 0.557. The van der Waals surface area contributed by atoms with E-state index in [0.29, 0.717) is 12.1 Å². The van der Waals surface area contributed by atoms with Crippen LogP contribution in [0.3, 0.4) is 0 Å². The Bertz CT molecular complexity index is 903. The van der Waals surface area contributed by atoms with Gasteiger partial charge < -0.3 is 25.8 Å². The first-order valence-corrected chi connectivity index (χ1v) is 8.56. The van der Waals surface area contributed by atoms with Crippen molar-refractivity contribution in [1.82, 2.24) is 9.88 Å². The van der Waals surface area contributed by atoms with E-state index in [9.17, 15) is 24.6 Å². The average Bonchev–Trinajstić information content (AvgIpc) is 2.59. The number of nitrogens with one attached hydrogen (secondary N) is 1. The maximum atomic E-state index is 12.0. The number of carboxylic acid groups (broad SMARTS) is 2. The molecule has 1 heterocycles. The van der Waals surface area contributed by atoms with Gasteiger partial charge in [-0.1, -0.05) is 37.6 Å². The molecule has 0 saturated heterocycles. The van der Waals surface area contributed by atoms with Crippen LogP contribution in [-0.4, -0.2) is 45.6 Å². The molecule has 0 radical (unpaired) electrons. The van der Waals surface area contributed by atoms with Gasteiger partial charge >= 0.3 is 11.9 Å². The monoisotopic (exact) mass is 373 g/mol. The number of nitrogens with two attached hydrogens (primary N) is 1. The van der Waals surface area contributed by atoms with Crippen molar-refractivity contribution in [3.63, 3.8) is 0 Å². The number of H-pyrrole nitrogens is 1. The summed E-state index contributed by atoms with van der Waals surface area (Å²) in [6.07, 6.45) is 2.19. The molecule has 8 heteroatoms. The van der Waals surface area contributed by atoms with Crippen LogP contribution in [-0.2, 0) is 6.54 Å². The summed E-state index contributed by atoms with van der Waals surface area (Å²) in [7, 11) is 2.01. The van der Waals surface area contributed by atoms with E-state index < -0.39 is 28.6 Å². The van der Waals surface area contributed by atoms with E-state index in [1.54, 1.807) is 24.3 Å². The minimum Gasteiger partial charge on any atom is -0.478 e. The van der Waals surface area contributed by atoms with Gasteiger partial charge in [-0.05, 0) is 31.1 Å². The Morgan fingerprint density at radius 3 is 2.22 bits per heavy atom. The number of anilines is 1. The summed E-state index contributed by atoms with van der Waals surface area (Å²) < 4.78 is 0. The zero-order valence-electron chi connectivity index (χ0n) is 15.3. The van der Waals surface area contributed by atoms with Crippen LogP contribution in [0.25, 0.3) is 11.1 Å². The SMILES string of the molecule is CCCCN(C)Cc1ccc(-c2c(C(=O)O)c(N)[nH]c(=O)c2C(=O)O)cc1. The Hall–Kier alpha value is -3.13. The van der Waals surface area contributed by atoms with Gasteiger partial charge in [0.1, 0.15) is 16.9 Å². The van der Waals surface area contributed by atoms with Crippen molar-refractivity contribution in [3.8, 4) is 11.1 Å². The number of pyridine rings is 1. The Morgan fingerprint density at radius 1 is 1.11 bits per heavy atom. The van der Waals surface area contributed by atoms with Crippen LogP contribution in [0.2, 0.25) is 0 Å². The molecule has 1 aromatic carbocycles. The van der Waals surface area contributed by atoms with Crippen molar-refractivity contribution in [2.75, 3.05) is 19.3 Å². The highest BCUT2D eigenvalue weighted by Crippen LogP contribution is 2.29. The predicted octanol–water partition coefficient (Wildman–Crippen LogP) is 2.25. The number of carboxylic acids is 2. The molecular formula is C19H23N3O5. The predicted molar refractivity (Wildman–Crippen MR) is 102 cm³/mol. The van der Waals surface area contributed by atoms with Gasteiger partial charge in [0.05, 0.1) is 0 Å². The third-order valence-electron chi connectivity index (χ3n) is 4.26. The normalized spacial score (nSPS) is 10.9. The number of rotatable bonds is 8. The van der Waals surface area contributed by atoms with E-state index in [2.05, 4.69) is 16.8 Å². The molecule has 27 heavy (non-hydrogen) atoms. The minimum absolute atomic E-state index is 0.192. The van der Waals surface area contributed by atoms with Crippen molar-refractivity contribution in [2.45, 2.75) is 26.3 Å².